The van der Waals surface area contributed by atoms with Crippen LogP contribution in [-0.2, 0) is 15.7 Å². The van der Waals surface area contributed by atoms with Crippen molar-refractivity contribution < 1.29 is 31.9 Å². The molecule has 0 saturated carbocycles. The number of hydrogen-bond donors (Lipinski definition) is 1. The quantitative estimate of drug-likeness (QED) is 0.670. The molecule has 0 aliphatic heterocycles. The second kappa shape index (κ2) is 7.24. The fraction of sp³-hybridized carbons (Fsp3) is 0.429. The van der Waals surface area contributed by atoms with Crippen LogP contribution in [0.2, 0.25) is 0 Å². The second-order valence-electron chi connectivity index (χ2n) is 4.56. The first-order valence-electron chi connectivity index (χ1n) is 6.51. The van der Waals surface area contributed by atoms with E-state index in [1.807, 2.05) is 0 Å². The number of amides is 1. The predicted octanol–water partition coefficient (Wildman–Crippen LogP) is 2.92. The van der Waals surface area contributed by atoms with Gasteiger partial charge in [-0.3, -0.25) is 4.79 Å². The van der Waals surface area contributed by atoms with Gasteiger partial charge < -0.3 is 10.1 Å². The van der Waals surface area contributed by atoms with E-state index in [1.165, 1.54) is 6.92 Å². The number of esters is 1. The van der Waals surface area contributed by atoms with Gasteiger partial charge in [0.25, 0.3) is 5.91 Å². The fourth-order valence-corrected chi connectivity index (χ4v) is 1.55. The molecule has 1 atom stereocenters. The summed E-state index contributed by atoms with van der Waals surface area (Å²) in [6, 6.07) is 0.794. The molecule has 0 aromatic heterocycles. The monoisotopic (exact) mass is 321 g/mol. The molecular weight excluding hydrogens is 306 g/mol. The molecule has 1 rings (SSSR count). The maximum absolute atomic E-state index is 13.4. The molecule has 4 nitrogen and oxygen atoms in total. The minimum atomic E-state index is -4.84. The van der Waals surface area contributed by atoms with Crippen LogP contribution in [0, 0.1) is 5.82 Å². The minimum Gasteiger partial charge on any atom is -0.464 e. The van der Waals surface area contributed by atoms with Crippen molar-refractivity contribution in [2.24, 2.45) is 0 Å². The van der Waals surface area contributed by atoms with Crippen molar-refractivity contribution in [2.45, 2.75) is 32.5 Å². The number of ether oxygens (including phenoxy) is 1. The highest BCUT2D eigenvalue weighted by atomic mass is 19.4. The molecule has 1 amide bonds. The largest absolute Gasteiger partial charge is 0.464 e. The molecule has 0 fully saturated rings. The van der Waals surface area contributed by atoms with Crippen LogP contribution in [-0.4, -0.2) is 24.5 Å². The Morgan fingerprint density at radius 1 is 1.32 bits per heavy atom. The van der Waals surface area contributed by atoms with E-state index in [2.05, 4.69) is 5.32 Å². The Bertz CT molecular complexity index is 558. The summed E-state index contributed by atoms with van der Waals surface area (Å²) in [5, 5.41) is 2.23. The van der Waals surface area contributed by atoms with E-state index in [1.54, 1.807) is 6.92 Å². The highest BCUT2D eigenvalue weighted by Crippen LogP contribution is 2.31. The van der Waals surface area contributed by atoms with Crippen LogP contribution in [0.15, 0.2) is 18.2 Å². The van der Waals surface area contributed by atoms with Crippen molar-refractivity contribution in [3.8, 4) is 0 Å². The van der Waals surface area contributed by atoms with Crippen LogP contribution in [0.4, 0.5) is 17.6 Å². The Morgan fingerprint density at radius 2 is 1.95 bits per heavy atom. The van der Waals surface area contributed by atoms with Gasteiger partial charge in [-0.2, -0.15) is 13.2 Å². The van der Waals surface area contributed by atoms with Gasteiger partial charge in [0.05, 0.1) is 12.2 Å². The number of alkyl halides is 3. The highest BCUT2D eigenvalue weighted by Gasteiger charge is 2.34. The Hall–Kier alpha value is -2.12. The van der Waals surface area contributed by atoms with E-state index in [4.69, 9.17) is 4.74 Å². The van der Waals surface area contributed by atoms with E-state index in [9.17, 15) is 27.2 Å². The average molecular weight is 321 g/mol. The summed E-state index contributed by atoms with van der Waals surface area (Å²) < 4.78 is 55.4. The number of rotatable bonds is 5. The molecule has 22 heavy (non-hydrogen) atoms. The normalized spacial score (nSPS) is 12.6. The third kappa shape index (κ3) is 4.71. The summed E-state index contributed by atoms with van der Waals surface area (Å²) >= 11 is 0. The number of halogens is 4. The van der Waals surface area contributed by atoms with E-state index in [0.29, 0.717) is 18.6 Å². The fourth-order valence-electron chi connectivity index (χ4n) is 1.55. The Labute approximate surface area is 124 Å². The van der Waals surface area contributed by atoms with Crippen molar-refractivity contribution in [2.75, 3.05) is 6.61 Å². The zero-order valence-electron chi connectivity index (χ0n) is 12.0. The summed E-state index contributed by atoms with van der Waals surface area (Å²) in [6.07, 6.45) is -4.23. The summed E-state index contributed by atoms with van der Waals surface area (Å²) in [4.78, 5) is 23.2. The van der Waals surface area contributed by atoms with Crippen LogP contribution in [0.3, 0.4) is 0 Å². The molecule has 1 aromatic carbocycles. The molecule has 1 unspecified atom stereocenters. The molecule has 0 bridgehead atoms. The Kier molecular flexibility index (Phi) is 5.90. The number of hydrogen-bond acceptors (Lipinski definition) is 3. The molecule has 0 spiro atoms. The van der Waals surface area contributed by atoms with Gasteiger partial charge in [-0.25, -0.2) is 9.18 Å². The Balaban J connectivity index is 2.78. The lowest BCUT2D eigenvalue weighted by molar-refractivity contribution is -0.145. The molecule has 8 heteroatoms. The van der Waals surface area contributed by atoms with Crippen molar-refractivity contribution in [3.63, 3.8) is 0 Å². The van der Waals surface area contributed by atoms with Gasteiger partial charge in [0, 0.05) is 5.56 Å². The molecule has 122 valence electrons. The van der Waals surface area contributed by atoms with Crippen LogP contribution >= 0.6 is 0 Å². The third-order valence-corrected chi connectivity index (χ3v) is 2.69. The van der Waals surface area contributed by atoms with Crippen molar-refractivity contribution in [1.82, 2.24) is 5.32 Å². The average Bonchev–Trinajstić information content (AvgIpc) is 2.42. The molecule has 0 aliphatic rings. The van der Waals surface area contributed by atoms with Crippen molar-refractivity contribution in [3.05, 3.63) is 35.1 Å². The third-order valence-electron chi connectivity index (χ3n) is 2.69. The SMILES string of the molecule is CCCOC(=O)C(C)NC(=O)c1ccc(C(F)(F)F)c(F)c1. The number of benzene rings is 1. The summed E-state index contributed by atoms with van der Waals surface area (Å²) in [6.45, 7) is 3.34. The van der Waals surface area contributed by atoms with Gasteiger partial charge in [-0.05, 0) is 31.5 Å². The first-order chi connectivity index (χ1) is 10.2. The van der Waals surface area contributed by atoms with Crippen molar-refractivity contribution >= 4 is 11.9 Å². The number of carbonyl (C=O) groups is 2. The van der Waals surface area contributed by atoms with Crippen LogP contribution in [0.5, 0.6) is 0 Å². The lowest BCUT2D eigenvalue weighted by atomic mass is 10.1. The maximum atomic E-state index is 13.4. The molecule has 0 saturated heterocycles. The second-order valence-corrected chi connectivity index (χ2v) is 4.56. The van der Waals surface area contributed by atoms with Gasteiger partial charge >= 0.3 is 12.1 Å². The Morgan fingerprint density at radius 3 is 2.45 bits per heavy atom. The molecule has 1 N–H and O–H groups in total. The lowest BCUT2D eigenvalue weighted by Gasteiger charge is -2.14. The summed E-state index contributed by atoms with van der Waals surface area (Å²) in [7, 11) is 0. The van der Waals surface area contributed by atoms with Gasteiger partial charge in [-0.1, -0.05) is 6.92 Å². The van der Waals surface area contributed by atoms with Gasteiger partial charge in [0.2, 0.25) is 0 Å². The maximum Gasteiger partial charge on any atom is 0.419 e. The van der Waals surface area contributed by atoms with E-state index >= 15 is 0 Å². The predicted molar refractivity (Wildman–Crippen MR) is 69.6 cm³/mol. The number of nitrogens with one attached hydrogen (secondary N) is 1. The first kappa shape index (κ1) is 17.9. The van der Waals surface area contributed by atoms with Gasteiger partial charge in [-0.15, -0.1) is 0 Å². The zero-order valence-corrected chi connectivity index (χ0v) is 12.0. The molecule has 1 aromatic rings. The smallest absolute Gasteiger partial charge is 0.419 e. The lowest BCUT2D eigenvalue weighted by Crippen LogP contribution is -2.39. The van der Waals surface area contributed by atoms with Crippen LogP contribution in [0.1, 0.15) is 36.2 Å². The summed E-state index contributed by atoms with van der Waals surface area (Å²) in [5.41, 5.74) is -1.78. The standard InChI is InChI=1S/C14H15F4NO3/c1-3-6-22-13(21)8(2)19-12(20)9-4-5-10(11(15)7-9)14(16,17)18/h4-5,7-8H,3,6H2,1-2H3,(H,19,20). The molecular formula is C14H15F4NO3. The number of carbonyl (C=O) groups excluding carboxylic acids is 2. The highest BCUT2D eigenvalue weighted by molar-refractivity contribution is 5.96. The first-order valence-corrected chi connectivity index (χ1v) is 6.51. The van der Waals surface area contributed by atoms with Crippen LogP contribution in [0.25, 0.3) is 0 Å². The molecule has 0 radical (unpaired) electrons. The minimum absolute atomic E-state index is 0.188. The summed E-state index contributed by atoms with van der Waals surface area (Å²) in [5.74, 6) is -3.10. The van der Waals surface area contributed by atoms with E-state index in [0.717, 1.165) is 6.07 Å². The zero-order chi connectivity index (χ0) is 16.9. The van der Waals surface area contributed by atoms with Gasteiger partial charge in [0.15, 0.2) is 0 Å². The molecule has 0 aliphatic carbocycles. The van der Waals surface area contributed by atoms with Crippen LogP contribution < -0.4 is 5.32 Å². The van der Waals surface area contributed by atoms with E-state index < -0.39 is 35.5 Å². The van der Waals surface area contributed by atoms with Crippen molar-refractivity contribution in [1.29, 1.82) is 0 Å². The molecule has 0 heterocycles. The topological polar surface area (TPSA) is 55.4 Å². The van der Waals surface area contributed by atoms with Gasteiger partial charge in [0.1, 0.15) is 11.9 Å². The van der Waals surface area contributed by atoms with E-state index in [-0.39, 0.29) is 12.2 Å².